The average molecular weight is 323 g/mol. The standard InChI is InChI=1S/C16H16F3N3O/c1-2-3-6-21-16(23)10-7-11(9-20-8-10)22-13-5-4-12(17)14(18)15(13)19/h4-5,7-9,22H,2-3,6H2,1H3,(H,21,23). The molecule has 0 fully saturated rings. The zero-order valence-corrected chi connectivity index (χ0v) is 12.5. The number of unbranched alkanes of at least 4 members (excludes halogenated alkanes) is 1. The van der Waals surface area contributed by atoms with Crippen LogP contribution in [-0.4, -0.2) is 17.4 Å². The van der Waals surface area contributed by atoms with Crippen LogP contribution in [0.1, 0.15) is 30.1 Å². The van der Waals surface area contributed by atoms with Gasteiger partial charge in [-0.15, -0.1) is 0 Å². The Balaban J connectivity index is 2.14. The molecule has 0 unspecified atom stereocenters. The Morgan fingerprint density at radius 3 is 2.70 bits per heavy atom. The summed E-state index contributed by atoms with van der Waals surface area (Å²) >= 11 is 0. The van der Waals surface area contributed by atoms with Crippen molar-refractivity contribution in [1.82, 2.24) is 10.3 Å². The van der Waals surface area contributed by atoms with E-state index < -0.39 is 17.5 Å². The molecule has 1 heterocycles. The van der Waals surface area contributed by atoms with Crippen LogP contribution in [0.3, 0.4) is 0 Å². The zero-order valence-electron chi connectivity index (χ0n) is 12.5. The van der Waals surface area contributed by atoms with Crippen molar-refractivity contribution in [2.75, 3.05) is 11.9 Å². The van der Waals surface area contributed by atoms with Crippen LogP contribution in [0.5, 0.6) is 0 Å². The molecule has 0 aliphatic carbocycles. The first-order valence-electron chi connectivity index (χ1n) is 7.16. The molecule has 2 N–H and O–H groups in total. The Kier molecular flexibility index (Phi) is 5.56. The normalized spacial score (nSPS) is 10.4. The Morgan fingerprint density at radius 1 is 1.17 bits per heavy atom. The van der Waals surface area contributed by atoms with Crippen molar-refractivity contribution < 1.29 is 18.0 Å². The minimum absolute atomic E-state index is 0.241. The van der Waals surface area contributed by atoms with E-state index in [4.69, 9.17) is 0 Å². The van der Waals surface area contributed by atoms with Crippen LogP contribution in [0.15, 0.2) is 30.6 Å². The highest BCUT2D eigenvalue weighted by Crippen LogP contribution is 2.23. The largest absolute Gasteiger partial charge is 0.352 e. The second kappa shape index (κ2) is 7.62. The summed E-state index contributed by atoms with van der Waals surface area (Å²) < 4.78 is 39.7. The molecule has 23 heavy (non-hydrogen) atoms. The molecule has 0 spiro atoms. The molecule has 1 aromatic carbocycles. The summed E-state index contributed by atoms with van der Waals surface area (Å²) in [5, 5.41) is 5.31. The van der Waals surface area contributed by atoms with Crippen molar-refractivity contribution in [1.29, 1.82) is 0 Å². The van der Waals surface area contributed by atoms with Crippen LogP contribution in [0.25, 0.3) is 0 Å². The van der Waals surface area contributed by atoms with Gasteiger partial charge in [0.15, 0.2) is 17.5 Å². The van der Waals surface area contributed by atoms with E-state index in [1.807, 2.05) is 6.92 Å². The third-order valence-electron chi connectivity index (χ3n) is 3.13. The van der Waals surface area contributed by atoms with Gasteiger partial charge in [-0.3, -0.25) is 9.78 Å². The van der Waals surface area contributed by atoms with Crippen LogP contribution >= 0.6 is 0 Å². The Bertz CT molecular complexity index is 707. The van der Waals surface area contributed by atoms with Gasteiger partial charge < -0.3 is 10.6 Å². The van der Waals surface area contributed by atoms with Crippen LogP contribution in [0.4, 0.5) is 24.5 Å². The van der Waals surface area contributed by atoms with E-state index in [0.29, 0.717) is 6.54 Å². The van der Waals surface area contributed by atoms with Crippen molar-refractivity contribution >= 4 is 17.3 Å². The fourth-order valence-electron chi connectivity index (χ4n) is 1.89. The fourth-order valence-corrected chi connectivity index (χ4v) is 1.89. The van der Waals surface area contributed by atoms with Crippen molar-refractivity contribution in [3.05, 3.63) is 53.6 Å². The van der Waals surface area contributed by atoms with Crippen molar-refractivity contribution in [3.8, 4) is 0 Å². The maximum absolute atomic E-state index is 13.6. The van der Waals surface area contributed by atoms with Gasteiger partial charge in [-0.2, -0.15) is 0 Å². The molecule has 0 saturated carbocycles. The second-order valence-corrected chi connectivity index (χ2v) is 4.92. The number of carbonyl (C=O) groups excluding carboxylic acids is 1. The molecule has 0 radical (unpaired) electrons. The lowest BCUT2D eigenvalue weighted by atomic mass is 10.2. The van der Waals surface area contributed by atoms with Gasteiger partial charge in [0.2, 0.25) is 0 Å². The van der Waals surface area contributed by atoms with E-state index in [1.165, 1.54) is 18.5 Å². The highest BCUT2D eigenvalue weighted by Gasteiger charge is 2.14. The summed E-state index contributed by atoms with van der Waals surface area (Å²) in [6, 6.07) is 3.34. The van der Waals surface area contributed by atoms with Gasteiger partial charge in [0.25, 0.3) is 5.91 Å². The van der Waals surface area contributed by atoms with E-state index in [0.717, 1.165) is 25.0 Å². The maximum Gasteiger partial charge on any atom is 0.252 e. The molecule has 1 amide bonds. The fraction of sp³-hybridized carbons (Fsp3) is 0.250. The molecule has 0 bridgehead atoms. The number of carbonyl (C=O) groups is 1. The predicted octanol–water partition coefficient (Wildman–Crippen LogP) is 3.77. The lowest BCUT2D eigenvalue weighted by Crippen LogP contribution is -2.24. The minimum atomic E-state index is -1.56. The van der Waals surface area contributed by atoms with Gasteiger partial charge in [0, 0.05) is 12.7 Å². The summed E-state index contributed by atoms with van der Waals surface area (Å²) in [6.45, 7) is 2.55. The zero-order chi connectivity index (χ0) is 16.8. The third-order valence-corrected chi connectivity index (χ3v) is 3.13. The van der Waals surface area contributed by atoms with Gasteiger partial charge in [0.05, 0.1) is 23.1 Å². The Hall–Kier alpha value is -2.57. The predicted molar refractivity (Wildman–Crippen MR) is 81.1 cm³/mol. The minimum Gasteiger partial charge on any atom is -0.352 e. The van der Waals surface area contributed by atoms with Crippen LogP contribution in [0.2, 0.25) is 0 Å². The molecule has 122 valence electrons. The summed E-state index contributed by atoms with van der Waals surface area (Å²) in [7, 11) is 0. The number of hydrogen-bond donors (Lipinski definition) is 2. The quantitative estimate of drug-likeness (QED) is 0.628. The molecule has 2 rings (SSSR count). The lowest BCUT2D eigenvalue weighted by molar-refractivity contribution is 0.0953. The molecule has 2 aromatic rings. The van der Waals surface area contributed by atoms with E-state index in [2.05, 4.69) is 15.6 Å². The Morgan fingerprint density at radius 2 is 1.96 bits per heavy atom. The van der Waals surface area contributed by atoms with Crippen molar-refractivity contribution in [2.45, 2.75) is 19.8 Å². The van der Waals surface area contributed by atoms with Gasteiger partial charge in [0.1, 0.15) is 0 Å². The van der Waals surface area contributed by atoms with Gasteiger partial charge in [-0.25, -0.2) is 13.2 Å². The number of nitrogens with zero attached hydrogens (tertiary/aromatic N) is 1. The third kappa shape index (κ3) is 4.21. The molecule has 0 aliphatic rings. The maximum atomic E-state index is 13.6. The number of rotatable bonds is 6. The smallest absolute Gasteiger partial charge is 0.252 e. The molecule has 4 nitrogen and oxygen atoms in total. The molecule has 1 aromatic heterocycles. The van der Waals surface area contributed by atoms with Crippen molar-refractivity contribution in [3.63, 3.8) is 0 Å². The number of benzene rings is 1. The van der Waals surface area contributed by atoms with E-state index >= 15 is 0 Å². The van der Waals surface area contributed by atoms with Gasteiger partial charge in [-0.05, 0) is 24.6 Å². The van der Waals surface area contributed by atoms with Gasteiger partial charge in [-0.1, -0.05) is 13.3 Å². The first-order valence-corrected chi connectivity index (χ1v) is 7.16. The topological polar surface area (TPSA) is 54.0 Å². The van der Waals surface area contributed by atoms with Crippen molar-refractivity contribution in [2.24, 2.45) is 0 Å². The number of halogens is 3. The number of hydrogen-bond acceptors (Lipinski definition) is 3. The lowest BCUT2D eigenvalue weighted by Gasteiger charge is -2.10. The first-order chi connectivity index (χ1) is 11.0. The SMILES string of the molecule is CCCCNC(=O)c1cncc(Nc2ccc(F)c(F)c2F)c1. The second-order valence-electron chi connectivity index (χ2n) is 4.92. The van der Waals surface area contributed by atoms with Crippen LogP contribution < -0.4 is 10.6 Å². The molecular formula is C16H16F3N3O. The van der Waals surface area contributed by atoms with E-state index in [-0.39, 0.29) is 22.8 Å². The summed E-state index contributed by atoms with van der Waals surface area (Å²) in [4.78, 5) is 15.8. The highest BCUT2D eigenvalue weighted by atomic mass is 19.2. The van der Waals surface area contributed by atoms with E-state index in [1.54, 1.807) is 0 Å². The summed E-state index contributed by atoms with van der Waals surface area (Å²) in [5.74, 6) is -4.46. The van der Waals surface area contributed by atoms with Crippen LogP contribution in [-0.2, 0) is 0 Å². The number of pyridine rings is 1. The highest BCUT2D eigenvalue weighted by molar-refractivity contribution is 5.94. The average Bonchev–Trinajstić information content (AvgIpc) is 2.56. The van der Waals surface area contributed by atoms with Crippen LogP contribution in [0, 0.1) is 17.5 Å². The molecule has 7 heteroatoms. The van der Waals surface area contributed by atoms with Gasteiger partial charge >= 0.3 is 0 Å². The Labute approximate surface area is 131 Å². The number of nitrogens with one attached hydrogen (secondary N) is 2. The molecule has 0 aliphatic heterocycles. The summed E-state index contributed by atoms with van der Waals surface area (Å²) in [6.07, 6.45) is 4.53. The molecule has 0 atom stereocenters. The molecular weight excluding hydrogens is 307 g/mol. The number of anilines is 2. The summed E-state index contributed by atoms with van der Waals surface area (Å²) in [5.41, 5.74) is 0.335. The number of amides is 1. The first kappa shape index (κ1) is 16.8. The molecule has 0 saturated heterocycles. The van der Waals surface area contributed by atoms with E-state index in [9.17, 15) is 18.0 Å². The number of aromatic nitrogens is 1. The monoisotopic (exact) mass is 323 g/mol.